The zero-order valence-corrected chi connectivity index (χ0v) is 13.4. The summed E-state index contributed by atoms with van der Waals surface area (Å²) in [6.07, 6.45) is 0. The molecule has 4 rings (SSSR count). The summed E-state index contributed by atoms with van der Waals surface area (Å²) < 4.78 is 27.1. The Hall–Kier alpha value is -2.92. The molecule has 0 atom stereocenters. The van der Waals surface area contributed by atoms with Crippen molar-refractivity contribution < 1.29 is 8.42 Å². The van der Waals surface area contributed by atoms with Gasteiger partial charge in [0.25, 0.3) is 15.6 Å². The van der Waals surface area contributed by atoms with Crippen molar-refractivity contribution in [3.63, 3.8) is 0 Å². The van der Waals surface area contributed by atoms with E-state index in [1.54, 1.807) is 42.5 Å². The van der Waals surface area contributed by atoms with E-state index in [1.165, 1.54) is 12.1 Å². The number of hydrogen-bond acceptors (Lipinski definition) is 3. The van der Waals surface area contributed by atoms with E-state index in [-0.39, 0.29) is 4.90 Å². The first-order valence-corrected chi connectivity index (χ1v) is 8.88. The Balaban J connectivity index is 2.24. The molecule has 0 spiro atoms. The third-order valence-corrected chi connectivity index (χ3v) is 5.75. The second kappa shape index (κ2) is 5.32. The van der Waals surface area contributed by atoms with Crippen LogP contribution in [0.5, 0.6) is 0 Å². The van der Waals surface area contributed by atoms with Gasteiger partial charge in [0.1, 0.15) is 0 Å². The lowest BCUT2D eigenvalue weighted by Crippen LogP contribution is -2.28. The molecule has 0 bridgehead atoms. The van der Waals surface area contributed by atoms with Crippen molar-refractivity contribution in [2.75, 3.05) is 0 Å². The average Bonchev–Trinajstić information content (AvgIpc) is 2.63. The minimum atomic E-state index is -3.98. The van der Waals surface area contributed by atoms with Crippen molar-refractivity contribution in [1.82, 2.24) is 3.97 Å². The summed E-state index contributed by atoms with van der Waals surface area (Å²) in [7, 11) is -3.98. The van der Waals surface area contributed by atoms with E-state index in [1.807, 2.05) is 24.3 Å². The van der Waals surface area contributed by atoms with Crippen LogP contribution >= 0.6 is 0 Å². The second-order valence-corrected chi connectivity index (χ2v) is 7.24. The fraction of sp³-hybridized carbons (Fsp3) is 0. The molecule has 0 aliphatic heterocycles. The van der Waals surface area contributed by atoms with Gasteiger partial charge in [0.15, 0.2) is 0 Å². The van der Waals surface area contributed by atoms with E-state index >= 15 is 0 Å². The number of fused-ring (bicyclic) bond motifs is 3. The first kappa shape index (κ1) is 14.7. The smallest absolute Gasteiger partial charge is 0.268 e. The molecule has 0 unspecified atom stereocenters. The molecule has 1 heterocycles. The van der Waals surface area contributed by atoms with Crippen LogP contribution in [0.15, 0.2) is 88.6 Å². The predicted molar refractivity (Wildman–Crippen MR) is 94.7 cm³/mol. The number of rotatable bonds is 2. The lowest BCUT2D eigenvalue weighted by molar-refractivity contribution is 0.587. The molecule has 3 aromatic carbocycles. The zero-order valence-electron chi connectivity index (χ0n) is 12.6. The van der Waals surface area contributed by atoms with Gasteiger partial charge in [-0.25, -0.2) is 8.42 Å². The number of benzene rings is 3. The van der Waals surface area contributed by atoms with Crippen molar-refractivity contribution in [2.45, 2.75) is 4.90 Å². The largest absolute Gasteiger partial charge is 0.272 e. The molecule has 5 heteroatoms. The van der Waals surface area contributed by atoms with Crippen LogP contribution in [0, 0.1) is 0 Å². The van der Waals surface area contributed by atoms with Gasteiger partial charge < -0.3 is 0 Å². The minimum absolute atomic E-state index is 0.0903. The normalized spacial score (nSPS) is 11.8. The highest BCUT2D eigenvalue weighted by Crippen LogP contribution is 2.25. The summed E-state index contributed by atoms with van der Waals surface area (Å²) in [5.41, 5.74) is -0.154. The molecule has 1 aromatic heterocycles. The number of nitrogens with zero attached hydrogens (tertiary/aromatic N) is 1. The minimum Gasteiger partial charge on any atom is -0.268 e. The number of aromatic nitrogens is 1. The summed E-state index contributed by atoms with van der Waals surface area (Å²) >= 11 is 0. The van der Waals surface area contributed by atoms with Crippen LogP contribution in [0.25, 0.3) is 21.7 Å². The molecule has 0 fully saturated rings. The first-order chi connectivity index (χ1) is 11.6. The van der Waals surface area contributed by atoms with Gasteiger partial charge in [-0.05, 0) is 29.7 Å². The van der Waals surface area contributed by atoms with Gasteiger partial charge in [-0.15, -0.1) is 0 Å². The molecule has 4 aromatic rings. The molecule has 0 N–H and O–H groups in total. The molecule has 0 saturated carbocycles. The second-order valence-electron chi connectivity index (χ2n) is 5.45. The van der Waals surface area contributed by atoms with E-state index < -0.39 is 15.6 Å². The fourth-order valence-electron chi connectivity index (χ4n) is 2.94. The lowest BCUT2D eigenvalue weighted by Gasteiger charge is -2.13. The number of pyridine rings is 1. The molecule has 4 nitrogen and oxygen atoms in total. The molecular weight excluding hydrogens is 322 g/mol. The Morgan fingerprint density at radius 1 is 0.625 bits per heavy atom. The molecule has 118 valence electrons. The molecular formula is C19H13NO3S. The molecule has 0 amide bonds. The van der Waals surface area contributed by atoms with Crippen molar-refractivity contribution >= 4 is 31.7 Å². The Morgan fingerprint density at radius 3 is 1.88 bits per heavy atom. The van der Waals surface area contributed by atoms with Crippen LogP contribution in [-0.2, 0) is 10.0 Å². The van der Waals surface area contributed by atoms with Crippen molar-refractivity contribution in [3.05, 3.63) is 89.2 Å². The molecule has 24 heavy (non-hydrogen) atoms. The van der Waals surface area contributed by atoms with Crippen LogP contribution < -0.4 is 5.56 Å². The molecule has 0 saturated heterocycles. The van der Waals surface area contributed by atoms with Gasteiger partial charge in [0.2, 0.25) is 0 Å². The van der Waals surface area contributed by atoms with Crippen LogP contribution in [0.4, 0.5) is 0 Å². The lowest BCUT2D eigenvalue weighted by atomic mass is 10.1. The maximum absolute atomic E-state index is 13.1. The fourth-order valence-corrected chi connectivity index (χ4v) is 4.38. The van der Waals surface area contributed by atoms with Crippen molar-refractivity contribution in [2.24, 2.45) is 0 Å². The third kappa shape index (κ3) is 2.06. The monoisotopic (exact) mass is 335 g/mol. The van der Waals surface area contributed by atoms with Crippen LogP contribution in [0.3, 0.4) is 0 Å². The Morgan fingerprint density at radius 2 is 1.17 bits per heavy atom. The number of hydrogen-bond donors (Lipinski definition) is 0. The van der Waals surface area contributed by atoms with Gasteiger partial charge in [0.05, 0.1) is 10.4 Å². The standard InChI is InChI=1S/C19H13NO3S/c21-19-17-12-5-4-10-15(17)16-11-6-7-13-18(16)20(19)24(22,23)14-8-2-1-3-9-14/h1-13H. The van der Waals surface area contributed by atoms with E-state index in [9.17, 15) is 13.2 Å². The SMILES string of the molecule is O=c1c2ccccc2c2ccccc2n1S(=O)(=O)c1ccccc1. The van der Waals surface area contributed by atoms with E-state index in [0.717, 1.165) is 14.7 Å². The summed E-state index contributed by atoms with van der Waals surface area (Å²) in [4.78, 5) is 13.0. The topological polar surface area (TPSA) is 56.1 Å². The molecule has 0 radical (unpaired) electrons. The first-order valence-electron chi connectivity index (χ1n) is 7.44. The average molecular weight is 335 g/mol. The van der Waals surface area contributed by atoms with Gasteiger partial charge in [-0.1, -0.05) is 54.6 Å². The highest BCUT2D eigenvalue weighted by Gasteiger charge is 2.22. The Kier molecular flexibility index (Phi) is 3.25. The maximum Gasteiger partial charge on any atom is 0.272 e. The highest BCUT2D eigenvalue weighted by atomic mass is 32.2. The van der Waals surface area contributed by atoms with E-state index in [0.29, 0.717) is 10.9 Å². The summed E-state index contributed by atoms with van der Waals surface area (Å²) in [6.45, 7) is 0. The van der Waals surface area contributed by atoms with Gasteiger partial charge in [0, 0.05) is 10.8 Å². The maximum atomic E-state index is 13.1. The molecule has 0 aliphatic carbocycles. The van der Waals surface area contributed by atoms with E-state index in [2.05, 4.69) is 0 Å². The summed E-state index contributed by atoms with van der Waals surface area (Å²) in [5, 5.41) is 1.86. The third-order valence-electron chi connectivity index (χ3n) is 4.04. The molecule has 0 aliphatic rings. The summed E-state index contributed by atoms with van der Waals surface area (Å²) in [5.74, 6) is 0. The van der Waals surface area contributed by atoms with Gasteiger partial charge in [-0.3, -0.25) is 4.79 Å². The van der Waals surface area contributed by atoms with Crippen LogP contribution in [0.2, 0.25) is 0 Å². The van der Waals surface area contributed by atoms with Crippen molar-refractivity contribution in [3.8, 4) is 0 Å². The van der Waals surface area contributed by atoms with Crippen LogP contribution in [-0.4, -0.2) is 12.4 Å². The van der Waals surface area contributed by atoms with Crippen LogP contribution in [0.1, 0.15) is 0 Å². The zero-order chi connectivity index (χ0) is 16.7. The predicted octanol–water partition coefficient (Wildman–Crippen LogP) is 3.39. The van der Waals surface area contributed by atoms with Gasteiger partial charge in [-0.2, -0.15) is 3.97 Å². The summed E-state index contributed by atoms with van der Waals surface area (Å²) in [6, 6.07) is 22.1. The quantitative estimate of drug-likeness (QED) is 0.528. The highest BCUT2D eigenvalue weighted by molar-refractivity contribution is 7.90. The van der Waals surface area contributed by atoms with Gasteiger partial charge >= 0.3 is 0 Å². The number of para-hydroxylation sites is 1. The van der Waals surface area contributed by atoms with Crippen molar-refractivity contribution in [1.29, 1.82) is 0 Å². The Labute approximate surface area is 138 Å². The Bertz CT molecular complexity index is 1230. The van der Waals surface area contributed by atoms with E-state index in [4.69, 9.17) is 0 Å².